The molecule has 0 aliphatic carbocycles. The molecule has 7 nitrogen and oxygen atoms in total. The van der Waals surface area contributed by atoms with E-state index in [1.165, 1.54) is 0 Å². The standard InChI is InChI=1S/C12H23N5O2/c1-16(2)12(18)5-4-7-17-10-11(14-15-17)9-13-6-8-19-3/h10,13H,4-9H2,1-3H3. The first-order chi connectivity index (χ1) is 9.13. The molecule has 0 aliphatic heterocycles. The second-order valence-electron chi connectivity index (χ2n) is 4.53. The maximum absolute atomic E-state index is 11.4. The SMILES string of the molecule is COCCNCc1cn(CCCC(=O)N(C)C)nn1. The maximum Gasteiger partial charge on any atom is 0.222 e. The van der Waals surface area contributed by atoms with Crippen molar-refractivity contribution in [2.24, 2.45) is 0 Å². The van der Waals surface area contributed by atoms with Crippen molar-refractivity contribution >= 4 is 5.91 Å². The molecule has 0 aliphatic rings. The Morgan fingerprint density at radius 3 is 3.00 bits per heavy atom. The average Bonchev–Trinajstić information content (AvgIpc) is 2.82. The van der Waals surface area contributed by atoms with Crippen molar-refractivity contribution in [3.63, 3.8) is 0 Å². The number of nitrogens with one attached hydrogen (secondary N) is 1. The average molecular weight is 269 g/mol. The Bertz CT molecular complexity index is 378. The zero-order valence-electron chi connectivity index (χ0n) is 11.9. The molecular formula is C12H23N5O2. The minimum absolute atomic E-state index is 0.140. The number of ether oxygens (including phenoxy) is 1. The van der Waals surface area contributed by atoms with Crippen molar-refractivity contribution in [3.05, 3.63) is 11.9 Å². The van der Waals surface area contributed by atoms with Crippen molar-refractivity contribution in [2.75, 3.05) is 34.4 Å². The van der Waals surface area contributed by atoms with E-state index in [-0.39, 0.29) is 5.91 Å². The normalized spacial score (nSPS) is 10.7. The number of hydrogen-bond donors (Lipinski definition) is 1. The highest BCUT2D eigenvalue weighted by atomic mass is 16.5. The van der Waals surface area contributed by atoms with E-state index >= 15 is 0 Å². The summed E-state index contributed by atoms with van der Waals surface area (Å²) in [5, 5.41) is 11.3. The Hall–Kier alpha value is -1.47. The number of aromatic nitrogens is 3. The van der Waals surface area contributed by atoms with Crippen LogP contribution in [0.1, 0.15) is 18.5 Å². The van der Waals surface area contributed by atoms with Gasteiger partial charge in [0.1, 0.15) is 0 Å². The highest BCUT2D eigenvalue weighted by Crippen LogP contribution is 1.99. The van der Waals surface area contributed by atoms with Gasteiger partial charge in [-0.05, 0) is 6.42 Å². The van der Waals surface area contributed by atoms with Gasteiger partial charge in [-0.3, -0.25) is 9.48 Å². The fourth-order valence-corrected chi connectivity index (χ4v) is 1.54. The fraction of sp³-hybridized carbons (Fsp3) is 0.750. The van der Waals surface area contributed by atoms with Gasteiger partial charge in [0.05, 0.1) is 12.3 Å². The summed E-state index contributed by atoms with van der Waals surface area (Å²) in [5.74, 6) is 0.140. The van der Waals surface area contributed by atoms with Gasteiger partial charge in [0.2, 0.25) is 5.91 Å². The molecule has 1 amide bonds. The van der Waals surface area contributed by atoms with Crippen LogP contribution in [0.2, 0.25) is 0 Å². The molecule has 0 fully saturated rings. The van der Waals surface area contributed by atoms with Gasteiger partial charge in [0, 0.05) is 53.5 Å². The molecule has 1 aromatic rings. The van der Waals surface area contributed by atoms with Crippen LogP contribution in [-0.2, 0) is 22.6 Å². The van der Waals surface area contributed by atoms with Gasteiger partial charge in [0.15, 0.2) is 0 Å². The highest BCUT2D eigenvalue weighted by molar-refractivity contribution is 5.75. The zero-order chi connectivity index (χ0) is 14.1. The second-order valence-corrected chi connectivity index (χ2v) is 4.53. The van der Waals surface area contributed by atoms with E-state index in [9.17, 15) is 4.79 Å². The molecule has 108 valence electrons. The van der Waals surface area contributed by atoms with Crippen molar-refractivity contribution in [2.45, 2.75) is 25.9 Å². The van der Waals surface area contributed by atoms with Gasteiger partial charge in [0.25, 0.3) is 0 Å². The molecule has 0 saturated carbocycles. The Labute approximate surface area is 113 Å². The van der Waals surface area contributed by atoms with E-state index < -0.39 is 0 Å². The van der Waals surface area contributed by atoms with Crippen LogP contribution in [0, 0.1) is 0 Å². The first kappa shape index (κ1) is 15.6. The van der Waals surface area contributed by atoms with Crippen LogP contribution in [0.3, 0.4) is 0 Å². The molecule has 0 spiro atoms. The van der Waals surface area contributed by atoms with Crippen molar-refractivity contribution in [3.8, 4) is 0 Å². The molecule has 0 saturated heterocycles. The largest absolute Gasteiger partial charge is 0.383 e. The number of nitrogens with zero attached hydrogens (tertiary/aromatic N) is 4. The first-order valence-electron chi connectivity index (χ1n) is 6.42. The quantitative estimate of drug-likeness (QED) is 0.633. The number of hydrogen-bond acceptors (Lipinski definition) is 5. The minimum atomic E-state index is 0.140. The van der Waals surface area contributed by atoms with Crippen LogP contribution < -0.4 is 5.32 Å². The molecular weight excluding hydrogens is 246 g/mol. The van der Waals surface area contributed by atoms with Crippen LogP contribution in [0.25, 0.3) is 0 Å². The van der Waals surface area contributed by atoms with E-state index in [1.807, 2.05) is 6.20 Å². The Morgan fingerprint density at radius 2 is 2.32 bits per heavy atom. The second kappa shape index (κ2) is 8.60. The molecule has 1 heterocycles. The van der Waals surface area contributed by atoms with Crippen molar-refractivity contribution in [1.82, 2.24) is 25.2 Å². The van der Waals surface area contributed by atoms with Crippen LogP contribution in [0.4, 0.5) is 0 Å². The zero-order valence-corrected chi connectivity index (χ0v) is 11.9. The van der Waals surface area contributed by atoms with Crippen molar-refractivity contribution in [1.29, 1.82) is 0 Å². The third-order valence-corrected chi connectivity index (χ3v) is 2.65. The lowest BCUT2D eigenvalue weighted by Crippen LogP contribution is -2.21. The Balaban J connectivity index is 2.21. The number of amides is 1. The summed E-state index contributed by atoms with van der Waals surface area (Å²) in [4.78, 5) is 13.0. The summed E-state index contributed by atoms with van der Waals surface area (Å²) < 4.78 is 6.71. The predicted molar refractivity (Wildman–Crippen MR) is 71.5 cm³/mol. The molecule has 1 N–H and O–H groups in total. The summed E-state index contributed by atoms with van der Waals surface area (Å²) in [6.07, 6.45) is 3.21. The maximum atomic E-state index is 11.4. The summed E-state index contributed by atoms with van der Waals surface area (Å²) >= 11 is 0. The van der Waals surface area contributed by atoms with E-state index in [1.54, 1.807) is 30.8 Å². The van der Waals surface area contributed by atoms with Gasteiger partial charge in [-0.25, -0.2) is 0 Å². The van der Waals surface area contributed by atoms with Crippen LogP contribution in [-0.4, -0.2) is 60.2 Å². The summed E-state index contributed by atoms with van der Waals surface area (Å²) in [6, 6.07) is 0. The van der Waals surface area contributed by atoms with Gasteiger partial charge in [-0.15, -0.1) is 5.10 Å². The lowest BCUT2D eigenvalue weighted by atomic mass is 10.3. The molecule has 0 aromatic carbocycles. The summed E-state index contributed by atoms with van der Waals surface area (Å²) in [7, 11) is 5.20. The highest BCUT2D eigenvalue weighted by Gasteiger charge is 2.04. The number of aryl methyl sites for hydroxylation is 1. The van der Waals surface area contributed by atoms with Gasteiger partial charge in [-0.2, -0.15) is 0 Å². The topological polar surface area (TPSA) is 72.3 Å². The Morgan fingerprint density at radius 1 is 1.53 bits per heavy atom. The van der Waals surface area contributed by atoms with Crippen LogP contribution >= 0.6 is 0 Å². The first-order valence-corrected chi connectivity index (χ1v) is 6.42. The lowest BCUT2D eigenvalue weighted by molar-refractivity contribution is -0.128. The molecule has 1 rings (SSSR count). The van der Waals surface area contributed by atoms with E-state index in [2.05, 4.69) is 15.6 Å². The molecule has 7 heteroatoms. The minimum Gasteiger partial charge on any atom is -0.383 e. The van der Waals surface area contributed by atoms with Gasteiger partial charge >= 0.3 is 0 Å². The molecule has 0 atom stereocenters. The number of rotatable bonds is 9. The lowest BCUT2D eigenvalue weighted by Gasteiger charge is -2.09. The van der Waals surface area contributed by atoms with E-state index in [4.69, 9.17) is 4.74 Å². The fourth-order valence-electron chi connectivity index (χ4n) is 1.54. The van der Waals surface area contributed by atoms with E-state index in [0.717, 1.165) is 18.7 Å². The van der Waals surface area contributed by atoms with Gasteiger partial charge in [-0.1, -0.05) is 5.21 Å². The third kappa shape index (κ3) is 6.30. The molecule has 0 bridgehead atoms. The number of carbonyl (C=O) groups excluding carboxylic acids is 1. The molecule has 19 heavy (non-hydrogen) atoms. The molecule has 1 aromatic heterocycles. The molecule has 0 unspecified atom stereocenters. The monoisotopic (exact) mass is 269 g/mol. The van der Waals surface area contributed by atoms with Crippen LogP contribution in [0.15, 0.2) is 6.20 Å². The smallest absolute Gasteiger partial charge is 0.222 e. The van der Waals surface area contributed by atoms with E-state index in [0.29, 0.717) is 26.1 Å². The third-order valence-electron chi connectivity index (χ3n) is 2.65. The van der Waals surface area contributed by atoms with Gasteiger partial charge < -0.3 is 15.0 Å². The summed E-state index contributed by atoms with van der Waals surface area (Å²) in [5.41, 5.74) is 0.898. The molecule has 0 radical (unpaired) electrons. The summed E-state index contributed by atoms with van der Waals surface area (Å²) in [6.45, 7) is 2.87. The number of carbonyl (C=O) groups is 1. The van der Waals surface area contributed by atoms with Crippen LogP contribution in [0.5, 0.6) is 0 Å². The number of methoxy groups -OCH3 is 1. The Kier molecular flexibility index (Phi) is 7.06. The van der Waals surface area contributed by atoms with Crippen molar-refractivity contribution < 1.29 is 9.53 Å². The predicted octanol–water partition coefficient (Wildman–Crippen LogP) is -0.117.